The van der Waals surface area contributed by atoms with Gasteiger partial charge in [0.2, 0.25) is 0 Å². The number of benzene rings is 1. The number of ether oxygens (including phenoxy) is 1. The molecule has 1 aromatic carbocycles. The van der Waals surface area contributed by atoms with Crippen LogP contribution in [0.1, 0.15) is 38.3 Å². The molecule has 1 atom stereocenters. The molecule has 1 N–H and O–H groups in total. The summed E-state index contributed by atoms with van der Waals surface area (Å²) >= 11 is 3.62. The molecular formula is C16H24BrNO. The van der Waals surface area contributed by atoms with Crippen molar-refractivity contribution in [3.63, 3.8) is 0 Å². The summed E-state index contributed by atoms with van der Waals surface area (Å²) in [4.78, 5) is 0. The van der Waals surface area contributed by atoms with Crippen LogP contribution in [-0.2, 0) is 12.8 Å². The van der Waals surface area contributed by atoms with E-state index >= 15 is 0 Å². The number of hydrogen-bond donors (Lipinski definition) is 1. The van der Waals surface area contributed by atoms with Gasteiger partial charge >= 0.3 is 0 Å². The summed E-state index contributed by atoms with van der Waals surface area (Å²) in [5.74, 6) is 1.76. The third kappa shape index (κ3) is 3.73. The maximum atomic E-state index is 5.82. The van der Waals surface area contributed by atoms with Crippen molar-refractivity contribution in [2.24, 2.45) is 5.92 Å². The summed E-state index contributed by atoms with van der Waals surface area (Å²) in [5, 5.41) is 3.66. The highest BCUT2D eigenvalue weighted by atomic mass is 79.9. The Labute approximate surface area is 125 Å². The van der Waals surface area contributed by atoms with Crippen LogP contribution >= 0.6 is 15.9 Å². The SMILES string of the molecule is CCCNC(Cc1cc(Br)cc2c1OCC2)C(C)C. The summed E-state index contributed by atoms with van der Waals surface area (Å²) < 4.78 is 6.99. The standard InChI is InChI=1S/C16H24BrNO/c1-4-6-18-15(11(2)3)10-13-9-14(17)8-12-5-7-19-16(12)13/h8-9,11,15,18H,4-7,10H2,1-3H3. The van der Waals surface area contributed by atoms with Crippen LogP contribution < -0.4 is 10.1 Å². The van der Waals surface area contributed by atoms with Gasteiger partial charge in [0.1, 0.15) is 5.75 Å². The van der Waals surface area contributed by atoms with Crippen molar-refractivity contribution in [3.8, 4) is 5.75 Å². The van der Waals surface area contributed by atoms with Crippen LogP contribution in [-0.4, -0.2) is 19.2 Å². The van der Waals surface area contributed by atoms with Crippen LogP contribution in [0.5, 0.6) is 5.75 Å². The summed E-state index contributed by atoms with van der Waals surface area (Å²) in [5.41, 5.74) is 2.69. The fourth-order valence-electron chi connectivity index (χ4n) is 2.61. The molecule has 1 aliphatic rings. The van der Waals surface area contributed by atoms with Crippen LogP contribution in [0, 0.1) is 5.92 Å². The fraction of sp³-hybridized carbons (Fsp3) is 0.625. The molecule has 0 radical (unpaired) electrons. The molecule has 106 valence electrons. The Kier molecular flexibility index (Phi) is 5.28. The van der Waals surface area contributed by atoms with E-state index in [1.54, 1.807) is 0 Å². The second-order valence-electron chi connectivity index (χ2n) is 5.66. The second-order valence-corrected chi connectivity index (χ2v) is 6.58. The molecule has 19 heavy (non-hydrogen) atoms. The van der Waals surface area contributed by atoms with Gasteiger partial charge in [-0.1, -0.05) is 36.7 Å². The van der Waals surface area contributed by atoms with Crippen LogP contribution in [0.2, 0.25) is 0 Å². The van der Waals surface area contributed by atoms with Crippen molar-refractivity contribution in [2.45, 2.75) is 46.1 Å². The smallest absolute Gasteiger partial charge is 0.125 e. The minimum atomic E-state index is 0.516. The highest BCUT2D eigenvalue weighted by Crippen LogP contribution is 2.34. The minimum absolute atomic E-state index is 0.516. The van der Waals surface area contributed by atoms with E-state index in [0.29, 0.717) is 12.0 Å². The molecular weight excluding hydrogens is 302 g/mol. The lowest BCUT2D eigenvalue weighted by atomic mass is 9.94. The molecule has 0 saturated carbocycles. The highest BCUT2D eigenvalue weighted by molar-refractivity contribution is 9.10. The first kappa shape index (κ1) is 14.9. The van der Waals surface area contributed by atoms with Gasteiger partial charge in [0.25, 0.3) is 0 Å². The summed E-state index contributed by atoms with van der Waals surface area (Å²) in [6, 6.07) is 4.92. The molecule has 1 unspecified atom stereocenters. The van der Waals surface area contributed by atoms with E-state index in [9.17, 15) is 0 Å². The van der Waals surface area contributed by atoms with Gasteiger partial charge in [0.05, 0.1) is 6.61 Å². The lowest BCUT2D eigenvalue weighted by molar-refractivity contribution is 0.346. The molecule has 1 aromatic rings. The number of nitrogens with one attached hydrogen (secondary N) is 1. The van der Waals surface area contributed by atoms with Crippen molar-refractivity contribution in [2.75, 3.05) is 13.2 Å². The van der Waals surface area contributed by atoms with E-state index < -0.39 is 0 Å². The molecule has 0 bridgehead atoms. The normalized spacial score (nSPS) is 15.4. The Morgan fingerprint density at radius 1 is 1.37 bits per heavy atom. The Morgan fingerprint density at radius 3 is 2.84 bits per heavy atom. The van der Waals surface area contributed by atoms with E-state index in [0.717, 1.165) is 31.7 Å². The number of halogens is 1. The van der Waals surface area contributed by atoms with E-state index in [2.05, 4.69) is 54.2 Å². The van der Waals surface area contributed by atoms with Crippen LogP contribution in [0.15, 0.2) is 16.6 Å². The molecule has 2 rings (SSSR count). The van der Waals surface area contributed by atoms with Crippen molar-refractivity contribution in [1.82, 2.24) is 5.32 Å². The van der Waals surface area contributed by atoms with Gasteiger partial charge in [0.15, 0.2) is 0 Å². The predicted octanol–water partition coefficient (Wildman–Crippen LogP) is 3.95. The predicted molar refractivity (Wildman–Crippen MR) is 84.0 cm³/mol. The first-order valence-electron chi connectivity index (χ1n) is 7.29. The molecule has 2 nitrogen and oxygen atoms in total. The number of rotatable bonds is 6. The second kappa shape index (κ2) is 6.76. The molecule has 0 aromatic heterocycles. The van der Waals surface area contributed by atoms with Crippen molar-refractivity contribution < 1.29 is 4.74 Å². The Balaban J connectivity index is 2.17. The Bertz CT molecular complexity index is 431. The number of fused-ring (bicyclic) bond motifs is 1. The molecule has 0 amide bonds. The van der Waals surface area contributed by atoms with Gasteiger partial charge in [-0.15, -0.1) is 0 Å². The summed E-state index contributed by atoms with van der Waals surface area (Å²) in [6.07, 6.45) is 3.26. The molecule has 1 aliphatic heterocycles. The van der Waals surface area contributed by atoms with Gasteiger partial charge in [-0.3, -0.25) is 0 Å². The van der Waals surface area contributed by atoms with E-state index in [1.165, 1.54) is 22.0 Å². The van der Waals surface area contributed by atoms with E-state index in [1.807, 2.05) is 0 Å². The van der Waals surface area contributed by atoms with Gasteiger partial charge in [-0.05, 0) is 48.6 Å². The molecule has 0 spiro atoms. The molecule has 0 saturated heterocycles. The molecule has 3 heteroatoms. The quantitative estimate of drug-likeness (QED) is 0.855. The van der Waals surface area contributed by atoms with Crippen molar-refractivity contribution in [1.29, 1.82) is 0 Å². The maximum absolute atomic E-state index is 5.82. The first-order chi connectivity index (χ1) is 9.11. The average molecular weight is 326 g/mol. The summed E-state index contributed by atoms with van der Waals surface area (Å²) in [7, 11) is 0. The van der Waals surface area contributed by atoms with Crippen molar-refractivity contribution in [3.05, 3.63) is 27.7 Å². The monoisotopic (exact) mass is 325 g/mol. The highest BCUT2D eigenvalue weighted by Gasteiger charge is 2.21. The Hall–Kier alpha value is -0.540. The topological polar surface area (TPSA) is 21.3 Å². The van der Waals surface area contributed by atoms with Gasteiger partial charge in [-0.25, -0.2) is 0 Å². The van der Waals surface area contributed by atoms with Crippen LogP contribution in [0.4, 0.5) is 0 Å². The zero-order chi connectivity index (χ0) is 13.8. The summed E-state index contributed by atoms with van der Waals surface area (Å²) in [6.45, 7) is 8.69. The van der Waals surface area contributed by atoms with Gasteiger partial charge in [-0.2, -0.15) is 0 Å². The lowest BCUT2D eigenvalue weighted by Crippen LogP contribution is -2.36. The van der Waals surface area contributed by atoms with Crippen molar-refractivity contribution >= 4 is 15.9 Å². The molecule has 0 aliphatic carbocycles. The maximum Gasteiger partial charge on any atom is 0.125 e. The zero-order valence-electron chi connectivity index (χ0n) is 12.1. The average Bonchev–Trinajstić information content (AvgIpc) is 2.81. The third-order valence-electron chi connectivity index (χ3n) is 3.73. The third-order valence-corrected chi connectivity index (χ3v) is 4.18. The Morgan fingerprint density at radius 2 is 2.16 bits per heavy atom. The fourth-order valence-corrected chi connectivity index (χ4v) is 3.16. The first-order valence-corrected chi connectivity index (χ1v) is 8.08. The largest absolute Gasteiger partial charge is 0.493 e. The minimum Gasteiger partial charge on any atom is -0.493 e. The van der Waals surface area contributed by atoms with Crippen LogP contribution in [0.25, 0.3) is 0 Å². The van der Waals surface area contributed by atoms with Gasteiger partial charge < -0.3 is 10.1 Å². The molecule has 0 fully saturated rings. The lowest BCUT2D eigenvalue weighted by Gasteiger charge is -2.23. The number of hydrogen-bond acceptors (Lipinski definition) is 2. The van der Waals surface area contributed by atoms with Gasteiger partial charge in [0, 0.05) is 16.9 Å². The molecule has 1 heterocycles. The van der Waals surface area contributed by atoms with E-state index in [-0.39, 0.29) is 0 Å². The van der Waals surface area contributed by atoms with Crippen LogP contribution in [0.3, 0.4) is 0 Å². The van der Waals surface area contributed by atoms with E-state index in [4.69, 9.17) is 4.74 Å². The zero-order valence-corrected chi connectivity index (χ0v) is 13.7.